The Morgan fingerprint density at radius 3 is 2.30 bits per heavy atom. The zero-order chi connectivity index (χ0) is 21.5. The number of benzene rings is 2. The van der Waals surface area contributed by atoms with Crippen molar-refractivity contribution in [1.82, 2.24) is 25.6 Å². The van der Waals surface area contributed by atoms with Crippen LogP contribution < -0.4 is 16.2 Å². The first-order valence-corrected chi connectivity index (χ1v) is 11.0. The van der Waals surface area contributed by atoms with Gasteiger partial charge in [0.15, 0.2) is 16.1 Å². The molecule has 0 aliphatic rings. The topological polar surface area (TPSA) is 83.9 Å². The molecule has 0 radical (unpaired) electrons. The van der Waals surface area contributed by atoms with E-state index in [1.165, 1.54) is 11.8 Å². The highest BCUT2D eigenvalue weighted by molar-refractivity contribution is 7.99. The largest absolute Gasteiger partial charge is 0.331 e. The monoisotopic (exact) mass is 480 g/mol. The quantitative estimate of drug-likeness (QED) is 0.274. The van der Waals surface area contributed by atoms with E-state index < -0.39 is 0 Å². The fraction of sp³-hybridized carbons (Fsp3) is 0.158. The lowest BCUT2D eigenvalue weighted by Crippen LogP contribution is -2.44. The molecule has 0 bridgehead atoms. The van der Waals surface area contributed by atoms with E-state index in [2.05, 4.69) is 26.4 Å². The summed E-state index contributed by atoms with van der Waals surface area (Å²) in [5.74, 6) is 0.623. The number of thiocarbonyl (C=S) groups is 1. The van der Waals surface area contributed by atoms with Crippen molar-refractivity contribution in [2.75, 3.05) is 11.1 Å². The minimum atomic E-state index is -0.251. The van der Waals surface area contributed by atoms with E-state index >= 15 is 0 Å². The molecule has 1 amide bonds. The van der Waals surface area contributed by atoms with Crippen molar-refractivity contribution >= 4 is 63.9 Å². The number of hydrogen-bond acceptors (Lipinski definition) is 5. The molecule has 0 unspecified atom stereocenters. The van der Waals surface area contributed by atoms with Gasteiger partial charge in [0.05, 0.1) is 5.75 Å². The van der Waals surface area contributed by atoms with Gasteiger partial charge in [0, 0.05) is 27.8 Å². The van der Waals surface area contributed by atoms with Crippen LogP contribution in [0.3, 0.4) is 0 Å². The number of anilines is 1. The molecule has 3 N–H and O–H groups in total. The highest BCUT2D eigenvalue weighted by Gasteiger charge is 2.14. The number of amides is 1. The molecule has 0 aliphatic carbocycles. The molecule has 30 heavy (non-hydrogen) atoms. The number of hydrazine groups is 1. The summed E-state index contributed by atoms with van der Waals surface area (Å²) in [6.07, 6.45) is 0. The summed E-state index contributed by atoms with van der Waals surface area (Å²) in [5.41, 5.74) is 6.88. The average Bonchev–Trinajstić information content (AvgIpc) is 3.16. The Balaban J connectivity index is 1.51. The molecule has 0 aliphatic heterocycles. The highest BCUT2D eigenvalue weighted by Crippen LogP contribution is 2.25. The molecule has 2 aromatic carbocycles. The summed E-state index contributed by atoms with van der Waals surface area (Å²) in [6.45, 7) is 2.66. The lowest BCUT2D eigenvalue weighted by molar-refractivity contribution is -0.119. The zero-order valence-electron chi connectivity index (χ0n) is 15.9. The highest BCUT2D eigenvalue weighted by atomic mass is 35.5. The van der Waals surface area contributed by atoms with Crippen molar-refractivity contribution in [2.24, 2.45) is 0 Å². The van der Waals surface area contributed by atoms with Crippen molar-refractivity contribution in [3.8, 4) is 11.4 Å². The maximum Gasteiger partial charge on any atom is 0.248 e. The number of nitrogens with zero attached hydrogens (tertiary/aromatic N) is 3. The van der Waals surface area contributed by atoms with E-state index in [0.29, 0.717) is 21.7 Å². The molecule has 1 heterocycles. The van der Waals surface area contributed by atoms with Crippen LogP contribution in [0.2, 0.25) is 10.0 Å². The predicted octanol–water partition coefficient (Wildman–Crippen LogP) is 4.38. The lowest BCUT2D eigenvalue weighted by atomic mass is 10.2. The Hall–Kier alpha value is -2.33. The van der Waals surface area contributed by atoms with E-state index in [9.17, 15) is 4.79 Å². The first-order chi connectivity index (χ1) is 14.5. The molecule has 3 rings (SSSR count). The molecule has 0 atom stereocenters. The summed E-state index contributed by atoms with van der Waals surface area (Å²) >= 11 is 18.2. The number of rotatable bonds is 6. The van der Waals surface area contributed by atoms with E-state index in [0.717, 1.165) is 17.1 Å². The van der Waals surface area contributed by atoms with Crippen molar-refractivity contribution < 1.29 is 4.79 Å². The van der Waals surface area contributed by atoms with Crippen molar-refractivity contribution in [3.63, 3.8) is 0 Å². The maximum atomic E-state index is 12.2. The van der Waals surface area contributed by atoms with Crippen LogP contribution in [0.25, 0.3) is 11.4 Å². The predicted molar refractivity (Wildman–Crippen MR) is 126 cm³/mol. The van der Waals surface area contributed by atoms with E-state index in [4.69, 9.17) is 35.4 Å². The maximum absolute atomic E-state index is 12.2. The van der Waals surface area contributed by atoms with Crippen molar-refractivity contribution in [2.45, 2.75) is 18.6 Å². The molecule has 0 saturated heterocycles. The molecule has 156 valence electrons. The normalized spacial score (nSPS) is 10.5. The summed E-state index contributed by atoms with van der Waals surface area (Å²) in [7, 11) is 0. The third kappa shape index (κ3) is 6.09. The summed E-state index contributed by atoms with van der Waals surface area (Å²) in [6, 6.07) is 14.4. The second-order valence-electron chi connectivity index (χ2n) is 5.98. The Kier molecular flexibility index (Phi) is 7.92. The fourth-order valence-electron chi connectivity index (χ4n) is 2.48. The lowest BCUT2D eigenvalue weighted by Gasteiger charge is -2.11. The standard InChI is InChI=1S/C19H18Cl2N6OS2/c1-2-27-17(12-3-5-13(20)6-4-12)24-26-19(27)30-11-16(28)23-25-18(29)22-15-9-7-14(21)8-10-15/h3-10H,2,11H2,1H3,(H,23,28)(H2,22,25,29). The first kappa shape index (κ1) is 22.4. The number of carbonyl (C=O) groups excluding carboxylic acids is 1. The van der Waals surface area contributed by atoms with Crippen LogP contribution in [-0.2, 0) is 11.3 Å². The molecule has 1 aromatic heterocycles. The molecular weight excluding hydrogens is 463 g/mol. The summed E-state index contributed by atoms with van der Waals surface area (Å²) in [4.78, 5) is 12.2. The number of nitrogens with one attached hydrogen (secondary N) is 3. The van der Waals surface area contributed by atoms with Crippen LogP contribution in [0, 0.1) is 0 Å². The molecular formula is C19H18Cl2N6OS2. The summed E-state index contributed by atoms with van der Waals surface area (Å²) in [5, 5.41) is 13.6. The molecule has 0 fully saturated rings. The van der Waals surface area contributed by atoms with Crippen LogP contribution in [0.15, 0.2) is 53.7 Å². The van der Waals surface area contributed by atoms with Crippen LogP contribution in [0.4, 0.5) is 5.69 Å². The third-order valence-electron chi connectivity index (χ3n) is 3.89. The van der Waals surface area contributed by atoms with E-state index in [-0.39, 0.29) is 16.8 Å². The number of carbonyl (C=O) groups is 1. The van der Waals surface area contributed by atoms with Gasteiger partial charge in [-0.25, -0.2) is 0 Å². The average molecular weight is 481 g/mol. The molecule has 0 saturated carbocycles. The molecule has 3 aromatic rings. The second-order valence-corrected chi connectivity index (χ2v) is 8.20. The van der Waals surface area contributed by atoms with Crippen molar-refractivity contribution in [3.05, 3.63) is 58.6 Å². The number of thioether (sulfide) groups is 1. The molecule has 11 heteroatoms. The minimum Gasteiger partial charge on any atom is -0.331 e. The Morgan fingerprint density at radius 2 is 1.67 bits per heavy atom. The zero-order valence-corrected chi connectivity index (χ0v) is 19.0. The van der Waals surface area contributed by atoms with Gasteiger partial charge in [0.1, 0.15) is 0 Å². The Bertz CT molecular complexity index is 1020. The molecule has 0 spiro atoms. The van der Waals surface area contributed by atoms with Gasteiger partial charge in [-0.15, -0.1) is 10.2 Å². The summed E-state index contributed by atoms with van der Waals surface area (Å²) < 4.78 is 1.95. The van der Waals surface area contributed by atoms with Crippen molar-refractivity contribution in [1.29, 1.82) is 0 Å². The fourth-order valence-corrected chi connectivity index (χ4v) is 3.70. The number of halogens is 2. The molecule has 7 nitrogen and oxygen atoms in total. The van der Waals surface area contributed by atoms with Gasteiger partial charge in [-0.1, -0.05) is 35.0 Å². The number of aromatic nitrogens is 3. The van der Waals surface area contributed by atoms with E-state index in [1.54, 1.807) is 36.4 Å². The van der Waals surface area contributed by atoms with Gasteiger partial charge in [-0.2, -0.15) is 0 Å². The SMILES string of the molecule is CCn1c(SCC(=O)NNC(=S)Nc2ccc(Cl)cc2)nnc1-c1ccc(Cl)cc1. The van der Waals surface area contributed by atoms with Gasteiger partial charge >= 0.3 is 0 Å². The van der Waals surface area contributed by atoms with Crippen LogP contribution in [-0.4, -0.2) is 31.5 Å². The van der Waals surface area contributed by atoms with Gasteiger partial charge in [-0.05, 0) is 67.7 Å². The minimum absolute atomic E-state index is 0.148. The third-order valence-corrected chi connectivity index (χ3v) is 5.56. The van der Waals surface area contributed by atoms with Gasteiger partial charge < -0.3 is 9.88 Å². The first-order valence-electron chi connectivity index (χ1n) is 8.89. The van der Waals surface area contributed by atoms with Gasteiger partial charge in [0.2, 0.25) is 5.91 Å². The van der Waals surface area contributed by atoms with Crippen LogP contribution >= 0.6 is 47.2 Å². The Labute approximate surface area is 193 Å². The van der Waals surface area contributed by atoms with Gasteiger partial charge in [-0.3, -0.25) is 15.6 Å². The van der Waals surface area contributed by atoms with Gasteiger partial charge in [0.25, 0.3) is 0 Å². The Morgan fingerprint density at radius 1 is 1.03 bits per heavy atom. The smallest absolute Gasteiger partial charge is 0.248 e. The number of hydrogen-bond donors (Lipinski definition) is 3. The van der Waals surface area contributed by atoms with Crippen LogP contribution in [0.5, 0.6) is 0 Å². The second kappa shape index (κ2) is 10.6. The van der Waals surface area contributed by atoms with Crippen LogP contribution in [0.1, 0.15) is 6.92 Å². The van der Waals surface area contributed by atoms with E-state index in [1.807, 2.05) is 23.6 Å².